The second kappa shape index (κ2) is 5.15. The van der Waals surface area contributed by atoms with Crippen LogP contribution in [0.15, 0.2) is 30.3 Å². The third kappa shape index (κ3) is 2.74. The first kappa shape index (κ1) is 11.9. The highest BCUT2D eigenvalue weighted by Crippen LogP contribution is 2.22. The van der Waals surface area contributed by atoms with Gasteiger partial charge in [0.1, 0.15) is 5.82 Å². The molecule has 0 saturated carbocycles. The molecule has 0 spiro atoms. The van der Waals surface area contributed by atoms with E-state index in [9.17, 15) is 0 Å². The van der Waals surface area contributed by atoms with Crippen LogP contribution in [0.5, 0.6) is 0 Å². The SMILES string of the molecule is CCc1[nH]c(CC(C)N)nc1-c1ccccc1. The van der Waals surface area contributed by atoms with Gasteiger partial charge < -0.3 is 10.7 Å². The van der Waals surface area contributed by atoms with Crippen LogP contribution in [0.25, 0.3) is 11.3 Å². The van der Waals surface area contributed by atoms with E-state index >= 15 is 0 Å². The number of hydrogen-bond donors (Lipinski definition) is 2. The van der Waals surface area contributed by atoms with Crippen LogP contribution in [0.1, 0.15) is 25.4 Å². The molecule has 3 nitrogen and oxygen atoms in total. The highest BCUT2D eigenvalue weighted by molar-refractivity contribution is 5.62. The van der Waals surface area contributed by atoms with E-state index in [4.69, 9.17) is 5.73 Å². The van der Waals surface area contributed by atoms with Crippen molar-refractivity contribution in [2.45, 2.75) is 32.7 Å². The molecule has 0 saturated heterocycles. The van der Waals surface area contributed by atoms with Crippen molar-refractivity contribution in [1.82, 2.24) is 9.97 Å². The molecule has 90 valence electrons. The number of nitrogens with one attached hydrogen (secondary N) is 1. The molecule has 0 aliphatic carbocycles. The number of imidazole rings is 1. The maximum absolute atomic E-state index is 5.80. The summed E-state index contributed by atoms with van der Waals surface area (Å²) in [5.74, 6) is 0.982. The average Bonchev–Trinajstić information content (AvgIpc) is 2.72. The minimum absolute atomic E-state index is 0.134. The zero-order chi connectivity index (χ0) is 12.3. The van der Waals surface area contributed by atoms with Gasteiger partial charge in [-0.05, 0) is 13.3 Å². The van der Waals surface area contributed by atoms with Crippen LogP contribution < -0.4 is 5.73 Å². The summed E-state index contributed by atoms with van der Waals surface area (Å²) >= 11 is 0. The fraction of sp³-hybridized carbons (Fsp3) is 0.357. The molecule has 1 unspecified atom stereocenters. The molecule has 2 rings (SSSR count). The molecule has 0 aliphatic rings. The predicted octanol–water partition coefficient (Wildman–Crippen LogP) is 2.53. The molecule has 0 fully saturated rings. The number of hydrogen-bond acceptors (Lipinski definition) is 2. The summed E-state index contributed by atoms with van der Waals surface area (Å²) in [6.07, 6.45) is 1.75. The van der Waals surface area contributed by atoms with E-state index in [1.807, 2.05) is 25.1 Å². The number of nitrogens with two attached hydrogens (primary N) is 1. The Morgan fingerprint density at radius 2 is 2.00 bits per heavy atom. The number of rotatable bonds is 4. The van der Waals surface area contributed by atoms with Crippen LogP contribution in [0.3, 0.4) is 0 Å². The van der Waals surface area contributed by atoms with E-state index in [-0.39, 0.29) is 6.04 Å². The summed E-state index contributed by atoms with van der Waals surface area (Å²) in [4.78, 5) is 8.03. The van der Waals surface area contributed by atoms with Gasteiger partial charge in [0, 0.05) is 23.7 Å². The molecule has 1 heterocycles. The van der Waals surface area contributed by atoms with E-state index < -0.39 is 0 Å². The van der Waals surface area contributed by atoms with E-state index in [0.717, 1.165) is 29.9 Å². The van der Waals surface area contributed by atoms with Gasteiger partial charge in [-0.25, -0.2) is 4.98 Å². The number of nitrogens with zero attached hydrogens (tertiary/aromatic N) is 1. The first-order chi connectivity index (χ1) is 8.20. The Morgan fingerprint density at radius 1 is 1.29 bits per heavy atom. The molecule has 0 amide bonds. The quantitative estimate of drug-likeness (QED) is 0.846. The van der Waals surface area contributed by atoms with Crippen molar-refractivity contribution in [3.05, 3.63) is 41.9 Å². The van der Waals surface area contributed by atoms with Gasteiger partial charge in [-0.3, -0.25) is 0 Å². The van der Waals surface area contributed by atoms with Crippen molar-refractivity contribution in [3.8, 4) is 11.3 Å². The number of aromatic nitrogens is 2. The zero-order valence-electron chi connectivity index (χ0n) is 10.4. The second-order valence-corrected chi connectivity index (χ2v) is 4.41. The Hall–Kier alpha value is -1.61. The van der Waals surface area contributed by atoms with E-state index in [1.54, 1.807) is 0 Å². The summed E-state index contributed by atoms with van der Waals surface area (Å²) in [6, 6.07) is 10.4. The average molecular weight is 229 g/mol. The Balaban J connectivity index is 2.36. The van der Waals surface area contributed by atoms with Crippen LogP contribution in [-0.4, -0.2) is 16.0 Å². The number of benzene rings is 1. The standard InChI is InChI=1S/C14H19N3/c1-3-12-14(11-7-5-4-6-8-11)17-13(16-12)9-10(2)15/h4-8,10H,3,9,15H2,1-2H3,(H,16,17). The Labute approximate surface area is 102 Å². The fourth-order valence-corrected chi connectivity index (χ4v) is 1.96. The highest BCUT2D eigenvalue weighted by atomic mass is 14.9. The molecular formula is C14H19N3. The van der Waals surface area contributed by atoms with E-state index in [0.29, 0.717) is 0 Å². The monoisotopic (exact) mass is 229 g/mol. The summed E-state index contributed by atoms with van der Waals surface area (Å²) in [5, 5.41) is 0. The lowest BCUT2D eigenvalue weighted by atomic mass is 10.1. The molecule has 1 aromatic heterocycles. The van der Waals surface area contributed by atoms with Gasteiger partial charge >= 0.3 is 0 Å². The normalized spacial score (nSPS) is 12.6. The van der Waals surface area contributed by atoms with Crippen LogP contribution in [0.2, 0.25) is 0 Å². The van der Waals surface area contributed by atoms with Crippen molar-refractivity contribution in [3.63, 3.8) is 0 Å². The molecular weight excluding hydrogens is 210 g/mol. The topological polar surface area (TPSA) is 54.7 Å². The molecule has 0 bridgehead atoms. The number of H-pyrrole nitrogens is 1. The van der Waals surface area contributed by atoms with Crippen molar-refractivity contribution in [2.75, 3.05) is 0 Å². The minimum atomic E-state index is 0.134. The van der Waals surface area contributed by atoms with Crippen LogP contribution >= 0.6 is 0 Å². The molecule has 3 heteroatoms. The summed E-state index contributed by atoms with van der Waals surface area (Å²) in [6.45, 7) is 4.13. The molecule has 1 atom stereocenters. The van der Waals surface area contributed by atoms with Crippen LogP contribution in [-0.2, 0) is 12.8 Å². The third-order valence-corrected chi connectivity index (χ3v) is 2.74. The van der Waals surface area contributed by atoms with Crippen molar-refractivity contribution in [1.29, 1.82) is 0 Å². The van der Waals surface area contributed by atoms with Crippen molar-refractivity contribution >= 4 is 0 Å². The van der Waals surface area contributed by atoms with E-state index in [1.165, 1.54) is 5.69 Å². The van der Waals surface area contributed by atoms with Crippen molar-refractivity contribution < 1.29 is 0 Å². The zero-order valence-corrected chi connectivity index (χ0v) is 10.4. The third-order valence-electron chi connectivity index (χ3n) is 2.74. The van der Waals surface area contributed by atoms with Gasteiger partial charge in [0.2, 0.25) is 0 Å². The molecule has 2 aromatic rings. The van der Waals surface area contributed by atoms with Gasteiger partial charge in [0.05, 0.1) is 5.69 Å². The second-order valence-electron chi connectivity index (χ2n) is 4.41. The minimum Gasteiger partial charge on any atom is -0.345 e. The first-order valence-electron chi connectivity index (χ1n) is 6.09. The lowest BCUT2D eigenvalue weighted by Gasteiger charge is -1.99. The van der Waals surface area contributed by atoms with Crippen LogP contribution in [0.4, 0.5) is 0 Å². The number of aromatic amines is 1. The summed E-state index contributed by atoms with van der Waals surface area (Å²) in [7, 11) is 0. The van der Waals surface area contributed by atoms with Crippen molar-refractivity contribution in [2.24, 2.45) is 5.73 Å². The van der Waals surface area contributed by atoms with E-state index in [2.05, 4.69) is 29.0 Å². The van der Waals surface area contributed by atoms with Gasteiger partial charge in [0.15, 0.2) is 0 Å². The maximum Gasteiger partial charge on any atom is 0.108 e. The predicted molar refractivity (Wildman–Crippen MR) is 70.8 cm³/mol. The summed E-state index contributed by atoms with van der Waals surface area (Å²) < 4.78 is 0. The molecule has 1 aromatic carbocycles. The first-order valence-corrected chi connectivity index (χ1v) is 6.09. The highest BCUT2D eigenvalue weighted by Gasteiger charge is 2.11. The Morgan fingerprint density at radius 3 is 2.59 bits per heavy atom. The number of aryl methyl sites for hydroxylation is 1. The lowest BCUT2D eigenvalue weighted by molar-refractivity contribution is 0.708. The van der Waals surface area contributed by atoms with Crippen LogP contribution in [0, 0.1) is 0 Å². The fourth-order valence-electron chi connectivity index (χ4n) is 1.96. The molecule has 17 heavy (non-hydrogen) atoms. The molecule has 0 aliphatic heterocycles. The van der Waals surface area contributed by atoms with Gasteiger partial charge in [-0.15, -0.1) is 0 Å². The molecule has 0 radical (unpaired) electrons. The smallest absolute Gasteiger partial charge is 0.108 e. The largest absolute Gasteiger partial charge is 0.345 e. The lowest BCUT2D eigenvalue weighted by Crippen LogP contribution is -2.18. The van der Waals surface area contributed by atoms with Gasteiger partial charge in [0.25, 0.3) is 0 Å². The maximum atomic E-state index is 5.80. The van der Waals surface area contributed by atoms with Gasteiger partial charge in [-0.1, -0.05) is 37.3 Å². The Bertz CT molecular complexity index is 471. The Kier molecular flexibility index (Phi) is 3.59. The van der Waals surface area contributed by atoms with Gasteiger partial charge in [-0.2, -0.15) is 0 Å². The summed E-state index contributed by atoms with van der Waals surface area (Å²) in [5.41, 5.74) is 9.21. The molecule has 3 N–H and O–H groups in total.